The number of hydrogen-bond acceptors (Lipinski definition) is 2. The molecule has 0 amide bonds. The number of aliphatic imine (C=N–C) groups is 1. The van der Waals surface area contributed by atoms with Gasteiger partial charge in [0.1, 0.15) is 5.76 Å². The molecule has 0 saturated heterocycles. The molecule has 58 valence electrons. The molecule has 0 aliphatic rings. The Morgan fingerprint density at radius 2 is 2.45 bits per heavy atom. The molecule has 0 saturated carbocycles. The van der Waals surface area contributed by atoms with Gasteiger partial charge in [0.05, 0.1) is 12.0 Å². The highest BCUT2D eigenvalue weighted by molar-refractivity contribution is 5.96. The van der Waals surface area contributed by atoms with Crippen molar-refractivity contribution in [3.63, 3.8) is 0 Å². The average Bonchev–Trinajstić information content (AvgIpc) is 2.52. The maximum absolute atomic E-state index is 5.13. The van der Waals surface area contributed by atoms with Gasteiger partial charge < -0.3 is 4.42 Å². The van der Waals surface area contributed by atoms with Crippen LogP contribution in [0.4, 0.5) is 0 Å². The monoisotopic (exact) mass is 149 g/mol. The third-order valence-corrected chi connectivity index (χ3v) is 1.30. The number of nitrogens with zero attached hydrogens (tertiary/aromatic N) is 1. The maximum atomic E-state index is 5.13. The fourth-order valence-electron chi connectivity index (χ4n) is 0.734. The highest BCUT2D eigenvalue weighted by atomic mass is 16.3. The summed E-state index contributed by atoms with van der Waals surface area (Å²) in [6.07, 6.45) is 5.27. The van der Waals surface area contributed by atoms with Crippen molar-refractivity contribution in [2.75, 3.05) is 0 Å². The normalized spacial score (nSPS) is 12.7. The van der Waals surface area contributed by atoms with Crippen molar-refractivity contribution in [3.8, 4) is 0 Å². The lowest BCUT2D eigenvalue weighted by molar-refractivity contribution is 0.557. The minimum atomic E-state index is 0.822. The molecule has 11 heavy (non-hydrogen) atoms. The van der Waals surface area contributed by atoms with Crippen LogP contribution in [0, 0.1) is 0 Å². The molecule has 2 heteroatoms. The van der Waals surface area contributed by atoms with E-state index in [1.165, 1.54) is 0 Å². The Labute approximate surface area is 66.3 Å². The fourth-order valence-corrected chi connectivity index (χ4v) is 0.734. The van der Waals surface area contributed by atoms with Crippen molar-refractivity contribution in [1.82, 2.24) is 0 Å². The summed E-state index contributed by atoms with van der Waals surface area (Å²) in [6.45, 7) is 3.84. The second-order valence-corrected chi connectivity index (χ2v) is 2.17. The molecule has 0 atom stereocenters. The topological polar surface area (TPSA) is 25.5 Å². The number of rotatable bonds is 2. The molecule has 0 radical (unpaired) electrons. The van der Waals surface area contributed by atoms with E-state index in [1.807, 2.05) is 32.1 Å². The summed E-state index contributed by atoms with van der Waals surface area (Å²) >= 11 is 0. The number of furan rings is 1. The van der Waals surface area contributed by atoms with Gasteiger partial charge in [-0.25, -0.2) is 0 Å². The maximum Gasteiger partial charge on any atom is 0.147 e. The molecule has 0 bridgehead atoms. The minimum absolute atomic E-state index is 0.822. The van der Waals surface area contributed by atoms with Gasteiger partial charge in [0, 0.05) is 6.20 Å². The molecule has 0 fully saturated rings. The van der Waals surface area contributed by atoms with Gasteiger partial charge in [-0.3, -0.25) is 4.99 Å². The van der Waals surface area contributed by atoms with Crippen LogP contribution in [0.15, 0.2) is 40.1 Å². The van der Waals surface area contributed by atoms with Crippen molar-refractivity contribution >= 4 is 5.71 Å². The molecule has 1 heterocycles. The van der Waals surface area contributed by atoms with Gasteiger partial charge in [-0.2, -0.15) is 0 Å². The predicted molar refractivity (Wildman–Crippen MR) is 45.7 cm³/mol. The SMILES string of the molecule is C/C=C/N=C(C)c1ccco1. The lowest BCUT2D eigenvalue weighted by Crippen LogP contribution is -1.88. The van der Waals surface area contributed by atoms with Crippen LogP contribution in [0.3, 0.4) is 0 Å². The summed E-state index contributed by atoms with van der Waals surface area (Å²) in [7, 11) is 0. The van der Waals surface area contributed by atoms with Gasteiger partial charge in [-0.15, -0.1) is 0 Å². The zero-order valence-corrected chi connectivity index (χ0v) is 6.74. The molecule has 0 spiro atoms. The first-order valence-electron chi connectivity index (χ1n) is 3.54. The second kappa shape index (κ2) is 3.76. The van der Waals surface area contributed by atoms with Crippen molar-refractivity contribution < 1.29 is 4.42 Å². The molecule has 0 aliphatic heterocycles. The smallest absolute Gasteiger partial charge is 0.147 e. The Hall–Kier alpha value is -1.31. The van der Waals surface area contributed by atoms with E-state index in [2.05, 4.69) is 4.99 Å². The van der Waals surface area contributed by atoms with E-state index in [-0.39, 0.29) is 0 Å². The Morgan fingerprint density at radius 1 is 1.64 bits per heavy atom. The molecule has 1 rings (SSSR count). The lowest BCUT2D eigenvalue weighted by atomic mass is 10.3. The highest BCUT2D eigenvalue weighted by Crippen LogP contribution is 2.01. The van der Waals surface area contributed by atoms with E-state index in [0.717, 1.165) is 11.5 Å². The van der Waals surface area contributed by atoms with Crippen molar-refractivity contribution in [2.45, 2.75) is 13.8 Å². The van der Waals surface area contributed by atoms with Crippen molar-refractivity contribution in [1.29, 1.82) is 0 Å². The average molecular weight is 149 g/mol. The zero-order valence-electron chi connectivity index (χ0n) is 6.74. The van der Waals surface area contributed by atoms with E-state index < -0.39 is 0 Å². The van der Waals surface area contributed by atoms with E-state index in [0.29, 0.717) is 0 Å². The van der Waals surface area contributed by atoms with E-state index in [9.17, 15) is 0 Å². The summed E-state index contributed by atoms with van der Waals surface area (Å²) in [6, 6.07) is 3.74. The largest absolute Gasteiger partial charge is 0.463 e. The Morgan fingerprint density at radius 3 is 3.00 bits per heavy atom. The first-order valence-corrected chi connectivity index (χ1v) is 3.54. The van der Waals surface area contributed by atoms with Gasteiger partial charge in [-0.05, 0) is 26.0 Å². The first-order chi connectivity index (χ1) is 5.34. The molecule has 1 aromatic rings. The quantitative estimate of drug-likeness (QED) is 0.593. The highest BCUT2D eigenvalue weighted by Gasteiger charge is 1.96. The standard InChI is InChI=1S/C9H11NO/c1-3-6-10-8(2)9-5-4-7-11-9/h3-7H,1-2H3/b6-3+,10-8?. The van der Waals surface area contributed by atoms with Crippen LogP contribution in [0.1, 0.15) is 19.6 Å². The van der Waals surface area contributed by atoms with Gasteiger partial charge in [-0.1, -0.05) is 6.08 Å². The molecular formula is C9H11NO. The van der Waals surface area contributed by atoms with Crippen molar-refractivity contribution in [2.24, 2.45) is 4.99 Å². The summed E-state index contributed by atoms with van der Waals surface area (Å²) in [4.78, 5) is 4.13. The van der Waals surface area contributed by atoms with Crippen LogP contribution >= 0.6 is 0 Å². The number of allylic oxidation sites excluding steroid dienone is 1. The van der Waals surface area contributed by atoms with Gasteiger partial charge in [0.25, 0.3) is 0 Å². The molecule has 1 aromatic heterocycles. The lowest BCUT2D eigenvalue weighted by Gasteiger charge is -1.89. The van der Waals surface area contributed by atoms with Crippen molar-refractivity contribution in [3.05, 3.63) is 36.4 Å². The Kier molecular flexibility index (Phi) is 2.66. The number of hydrogen-bond donors (Lipinski definition) is 0. The Bertz CT molecular complexity index is 257. The van der Waals surface area contributed by atoms with Crippen LogP contribution < -0.4 is 0 Å². The van der Waals surface area contributed by atoms with Crippen LogP contribution in [0.25, 0.3) is 0 Å². The summed E-state index contributed by atoms with van der Waals surface area (Å²) in [5.74, 6) is 0.822. The van der Waals surface area contributed by atoms with E-state index in [1.54, 1.807) is 12.5 Å². The first kappa shape index (κ1) is 7.79. The van der Waals surface area contributed by atoms with Crippen LogP contribution in [-0.2, 0) is 0 Å². The molecule has 0 aromatic carbocycles. The van der Waals surface area contributed by atoms with Crippen LogP contribution in [0.5, 0.6) is 0 Å². The summed E-state index contributed by atoms with van der Waals surface area (Å²) in [5, 5.41) is 0. The summed E-state index contributed by atoms with van der Waals surface area (Å²) < 4.78 is 5.13. The Balaban J connectivity index is 2.77. The molecule has 0 aliphatic carbocycles. The van der Waals surface area contributed by atoms with Gasteiger partial charge in [0.2, 0.25) is 0 Å². The second-order valence-electron chi connectivity index (χ2n) is 2.17. The summed E-state index contributed by atoms with van der Waals surface area (Å²) in [5.41, 5.74) is 0.896. The van der Waals surface area contributed by atoms with Gasteiger partial charge in [0.15, 0.2) is 0 Å². The minimum Gasteiger partial charge on any atom is -0.463 e. The molecule has 2 nitrogen and oxygen atoms in total. The van der Waals surface area contributed by atoms with Crippen LogP contribution in [0.2, 0.25) is 0 Å². The van der Waals surface area contributed by atoms with Gasteiger partial charge >= 0.3 is 0 Å². The molecule has 0 N–H and O–H groups in total. The zero-order chi connectivity index (χ0) is 8.10. The molecular weight excluding hydrogens is 138 g/mol. The predicted octanol–water partition coefficient (Wildman–Crippen LogP) is 2.62. The fraction of sp³-hybridized carbons (Fsp3) is 0.222. The van der Waals surface area contributed by atoms with Crippen LogP contribution in [-0.4, -0.2) is 5.71 Å². The molecule has 0 unspecified atom stereocenters. The van der Waals surface area contributed by atoms with E-state index in [4.69, 9.17) is 4.42 Å². The third-order valence-electron chi connectivity index (χ3n) is 1.30. The third kappa shape index (κ3) is 2.08. The van der Waals surface area contributed by atoms with E-state index >= 15 is 0 Å².